The highest BCUT2D eigenvalue weighted by Crippen LogP contribution is 2.38. The van der Waals surface area contributed by atoms with E-state index in [2.05, 4.69) is 10.1 Å². The molecule has 0 spiro atoms. The molecule has 0 fully saturated rings. The van der Waals surface area contributed by atoms with E-state index in [1.54, 1.807) is 6.92 Å². The van der Waals surface area contributed by atoms with Crippen LogP contribution in [0.1, 0.15) is 49.4 Å². The molecule has 4 rings (SSSR count). The van der Waals surface area contributed by atoms with Crippen molar-refractivity contribution < 1.29 is 14.6 Å². The molecular formula is C25H26N4O5. The number of carbonyl (C=O) groups excluding carboxylic acids is 1. The van der Waals surface area contributed by atoms with Gasteiger partial charge in [-0.3, -0.25) is 19.1 Å². The molecule has 0 bridgehead atoms. The predicted octanol–water partition coefficient (Wildman–Crippen LogP) is 2.78. The monoisotopic (exact) mass is 462 g/mol. The first-order valence-electron chi connectivity index (χ1n) is 11.2. The second kappa shape index (κ2) is 9.78. The van der Waals surface area contributed by atoms with Crippen LogP contribution >= 0.6 is 0 Å². The number of H-pyrrole nitrogens is 1. The number of ether oxygens (including phenoxy) is 1. The lowest BCUT2D eigenvalue weighted by Gasteiger charge is -2.23. The molecular weight excluding hydrogens is 436 g/mol. The highest BCUT2D eigenvalue weighted by molar-refractivity contribution is 6.04. The second-order valence-electron chi connectivity index (χ2n) is 7.86. The quantitative estimate of drug-likeness (QED) is 0.560. The summed E-state index contributed by atoms with van der Waals surface area (Å²) in [6, 6.07) is 15.9. The summed E-state index contributed by atoms with van der Waals surface area (Å²) in [4.78, 5) is 40.3. The number of aromatic nitrogens is 2. The molecule has 2 heterocycles. The van der Waals surface area contributed by atoms with Gasteiger partial charge in [0.1, 0.15) is 11.3 Å². The number of nitrogens with zero attached hydrogens (tertiary/aromatic N) is 3. The summed E-state index contributed by atoms with van der Waals surface area (Å²) < 4.78 is 6.83. The van der Waals surface area contributed by atoms with Gasteiger partial charge in [0, 0.05) is 18.4 Å². The van der Waals surface area contributed by atoms with Crippen molar-refractivity contribution in [2.24, 2.45) is 5.10 Å². The fourth-order valence-corrected chi connectivity index (χ4v) is 4.07. The molecule has 9 heteroatoms. The molecule has 0 radical (unpaired) electrons. The number of aromatic amines is 1. The van der Waals surface area contributed by atoms with Crippen molar-refractivity contribution in [3.63, 3.8) is 0 Å². The average Bonchev–Trinajstić information content (AvgIpc) is 3.27. The summed E-state index contributed by atoms with van der Waals surface area (Å²) in [6.07, 6.45) is 0.385. The summed E-state index contributed by atoms with van der Waals surface area (Å²) in [5, 5.41) is 16.8. The lowest BCUT2D eigenvalue weighted by molar-refractivity contribution is -0.132. The van der Waals surface area contributed by atoms with Gasteiger partial charge in [-0.1, -0.05) is 55.5 Å². The van der Waals surface area contributed by atoms with Gasteiger partial charge in [-0.2, -0.15) is 5.10 Å². The van der Waals surface area contributed by atoms with Crippen molar-refractivity contribution in [2.45, 2.75) is 39.3 Å². The molecule has 3 aromatic rings. The molecule has 34 heavy (non-hydrogen) atoms. The van der Waals surface area contributed by atoms with E-state index >= 15 is 0 Å². The Kier molecular flexibility index (Phi) is 6.62. The molecule has 2 aromatic carbocycles. The van der Waals surface area contributed by atoms with Crippen LogP contribution in [0.3, 0.4) is 0 Å². The van der Waals surface area contributed by atoms with Crippen LogP contribution in [-0.2, 0) is 11.3 Å². The highest BCUT2D eigenvalue weighted by atomic mass is 16.5. The molecule has 176 valence electrons. The van der Waals surface area contributed by atoms with Gasteiger partial charge < -0.3 is 9.84 Å². The van der Waals surface area contributed by atoms with Crippen LogP contribution in [0.15, 0.2) is 69.3 Å². The number of benzene rings is 2. The number of hydrogen-bond donors (Lipinski definition) is 2. The molecule has 0 saturated carbocycles. The van der Waals surface area contributed by atoms with Gasteiger partial charge in [-0.15, -0.1) is 0 Å². The summed E-state index contributed by atoms with van der Waals surface area (Å²) in [5.74, 6) is -0.105. The van der Waals surface area contributed by atoms with Gasteiger partial charge in [0.05, 0.1) is 24.9 Å². The van der Waals surface area contributed by atoms with E-state index in [0.29, 0.717) is 12.4 Å². The largest absolute Gasteiger partial charge is 0.494 e. The number of hydrogen-bond acceptors (Lipinski definition) is 6. The van der Waals surface area contributed by atoms with E-state index in [0.717, 1.165) is 15.7 Å². The number of nitrogens with one attached hydrogen (secondary N) is 1. The van der Waals surface area contributed by atoms with E-state index < -0.39 is 23.2 Å². The zero-order valence-electron chi connectivity index (χ0n) is 19.0. The molecule has 2 N–H and O–H groups in total. The fraction of sp³-hybridized carbons (Fsp3) is 0.280. The molecule has 1 amide bonds. The van der Waals surface area contributed by atoms with Gasteiger partial charge in [0.2, 0.25) is 11.8 Å². The van der Waals surface area contributed by atoms with Crippen LogP contribution < -0.4 is 16.0 Å². The minimum atomic E-state index is -0.756. The van der Waals surface area contributed by atoms with Crippen LogP contribution in [-0.4, -0.2) is 37.9 Å². The van der Waals surface area contributed by atoms with Gasteiger partial charge in [-0.25, -0.2) is 9.80 Å². The Morgan fingerprint density at radius 2 is 1.82 bits per heavy atom. The summed E-state index contributed by atoms with van der Waals surface area (Å²) in [5.41, 5.74) is 0.136. The van der Waals surface area contributed by atoms with E-state index in [4.69, 9.17) is 4.74 Å². The van der Waals surface area contributed by atoms with E-state index in [9.17, 15) is 19.5 Å². The zero-order chi connectivity index (χ0) is 24.2. The van der Waals surface area contributed by atoms with Crippen molar-refractivity contribution in [3.05, 3.63) is 92.1 Å². The number of aromatic hydroxyl groups is 1. The van der Waals surface area contributed by atoms with Crippen molar-refractivity contribution >= 4 is 11.6 Å². The summed E-state index contributed by atoms with van der Waals surface area (Å²) in [7, 11) is 0. The Hall–Kier alpha value is -4.14. The minimum Gasteiger partial charge on any atom is -0.494 e. The molecule has 1 aliphatic rings. The molecule has 0 unspecified atom stereocenters. The Bertz CT molecular complexity index is 1340. The van der Waals surface area contributed by atoms with Crippen LogP contribution in [0, 0.1) is 0 Å². The Labute approximate surface area is 195 Å². The maximum Gasteiger partial charge on any atom is 0.331 e. The van der Waals surface area contributed by atoms with Crippen molar-refractivity contribution in [1.82, 2.24) is 14.6 Å². The van der Waals surface area contributed by atoms with Crippen molar-refractivity contribution in [3.8, 4) is 11.6 Å². The third-order valence-corrected chi connectivity index (χ3v) is 5.69. The van der Waals surface area contributed by atoms with Crippen LogP contribution in [0.4, 0.5) is 0 Å². The first kappa shape index (κ1) is 23.0. The molecule has 0 aliphatic carbocycles. The third kappa shape index (κ3) is 4.36. The Morgan fingerprint density at radius 3 is 2.53 bits per heavy atom. The van der Waals surface area contributed by atoms with Crippen LogP contribution in [0.2, 0.25) is 0 Å². The Morgan fingerprint density at radius 1 is 1.12 bits per heavy atom. The van der Waals surface area contributed by atoms with Gasteiger partial charge in [0.15, 0.2) is 0 Å². The average molecular weight is 463 g/mol. The van der Waals surface area contributed by atoms with E-state index in [1.165, 1.54) is 5.01 Å². The highest BCUT2D eigenvalue weighted by Gasteiger charge is 2.36. The summed E-state index contributed by atoms with van der Waals surface area (Å²) in [6.45, 7) is 4.11. The van der Waals surface area contributed by atoms with Crippen molar-refractivity contribution in [2.75, 3.05) is 6.61 Å². The van der Waals surface area contributed by atoms with E-state index in [-0.39, 0.29) is 36.6 Å². The number of hydrazone groups is 1. The summed E-state index contributed by atoms with van der Waals surface area (Å²) >= 11 is 0. The Balaban J connectivity index is 1.79. The molecule has 0 saturated heterocycles. The van der Waals surface area contributed by atoms with Gasteiger partial charge in [-0.05, 0) is 18.6 Å². The molecule has 1 aromatic heterocycles. The van der Waals surface area contributed by atoms with Crippen LogP contribution in [0.5, 0.6) is 11.6 Å². The SMILES string of the molecule is CCOc1ccccc1[C@H]1CC(c2c(O)n(Cc3ccccc3)c(=O)[nH]c2=O)=NN1C(=O)CC. The number of amides is 1. The molecule has 9 nitrogen and oxygen atoms in total. The minimum absolute atomic E-state index is 0.0662. The van der Waals surface area contributed by atoms with Gasteiger partial charge in [0.25, 0.3) is 5.56 Å². The number of para-hydroxylation sites is 1. The predicted molar refractivity (Wildman–Crippen MR) is 127 cm³/mol. The maximum atomic E-state index is 12.8. The second-order valence-corrected chi connectivity index (χ2v) is 7.86. The number of rotatable bonds is 7. The third-order valence-electron chi connectivity index (χ3n) is 5.69. The van der Waals surface area contributed by atoms with Gasteiger partial charge >= 0.3 is 5.69 Å². The lowest BCUT2D eigenvalue weighted by atomic mass is 9.98. The molecule has 1 atom stereocenters. The number of carbonyl (C=O) groups is 1. The van der Waals surface area contributed by atoms with Crippen LogP contribution in [0.25, 0.3) is 0 Å². The van der Waals surface area contributed by atoms with Crippen molar-refractivity contribution in [1.29, 1.82) is 0 Å². The standard InChI is InChI=1S/C25H26N4O5/c1-3-21(30)29-19(17-12-8-9-13-20(17)34-4-2)14-18(27-29)22-23(31)26-25(33)28(24(22)32)15-16-10-6-5-7-11-16/h5-13,19,32H,3-4,14-15H2,1-2H3,(H,26,31,33)/t19-/m1/s1. The van der Waals surface area contributed by atoms with E-state index in [1.807, 2.05) is 61.5 Å². The normalized spacial score (nSPS) is 15.3. The first-order valence-corrected chi connectivity index (χ1v) is 11.2. The zero-order valence-corrected chi connectivity index (χ0v) is 19.0. The topological polar surface area (TPSA) is 117 Å². The lowest BCUT2D eigenvalue weighted by Crippen LogP contribution is -2.34. The maximum absolute atomic E-state index is 12.8. The molecule has 1 aliphatic heterocycles. The smallest absolute Gasteiger partial charge is 0.331 e. The fourth-order valence-electron chi connectivity index (χ4n) is 4.07. The first-order chi connectivity index (χ1) is 16.4.